The summed E-state index contributed by atoms with van der Waals surface area (Å²) >= 11 is 0. The minimum absolute atomic E-state index is 0.256. The van der Waals surface area contributed by atoms with Crippen molar-refractivity contribution in [3.05, 3.63) is 0 Å². The molecule has 3 nitrogen and oxygen atoms in total. The lowest BCUT2D eigenvalue weighted by Crippen LogP contribution is -2.42. The van der Waals surface area contributed by atoms with Crippen LogP contribution in [0.1, 0.15) is 64.7 Å². The summed E-state index contributed by atoms with van der Waals surface area (Å²) in [6, 6.07) is 0.841. The highest BCUT2D eigenvalue weighted by Gasteiger charge is 2.25. The second-order valence-electron chi connectivity index (χ2n) is 5.98. The minimum Gasteiger partial charge on any atom is -0.353 e. The first-order valence-corrected chi connectivity index (χ1v) is 7.82. The van der Waals surface area contributed by atoms with Gasteiger partial charge in [-0.05, 0) is 44.6 Å². The molecule has 1 aliphatic carbocycles. The van der Waals surface area contributed by atoms with Gasteiger partial charge in [0.2, 0.25) is 5.91 Å². The van der Waals surface area contributed by atoms with Gasteiger partial charge in [0.05, 0.1) is 0 Å². The second-order valence-corrected chi connectivity index (χ2v) is 5.98. The van der Waals surface area contributed by atoms with E-state index in [0.29, 0.717) is 18.5 Å². The molecule has 1 saturated heterocycles. The van der Waals surface area contributed by atoms with Gasteiger partial charge >= 0.3 is 0 Å². The normalized spacial score (nSPS) is 27.1. The summed E-state index contributed by atoms with van der Waals surface area (Å²) in [6.07, 6.45) is 10.8. The van der Waals surface area contributed by atoms with Gasteiger partial charge in [-0.2, -0.15) is 0 Å². The first kappa shape index (κ1) is 13.9. The highest BCUT2D eigenvalue weighted by molar-refractivity contribution is 5.77. The summed E-state index contributed by atoms with van der Waals surface area (Å²) in [6.45, 7) is 3.28. The smallest absolute Gasteiger partial charge is 0.221 e. The Morgan fingerprint density at radius 1 is 1.22 bits per heavy atom. The predicted octanol–water partition coefficient (Wildman–Crippen LogP) is 2.60. The highest BCUT2D eigenvalue weighted by Crippen LogP contribution is 2.27. The number of rotatable bonds is 5. The summed E-state index contributed by atoms with van der Waals surface area (Å²) in [7, 11) is 0. The second kappa shape index (κ2) is 7.13. The lowest BCUT2D eigenvalue weighted by molar-refractivity contribution is -0.122. The molecule has 1 heterocycles. The molecule has 2 aliphatic rings. The topological polar surface area (TPSA) is 41.1 Å². The van der Waals surface area contributed by atoms with Gasteiger partial charge < -0.3 is 10.6 Å². The highest BCUT2D eigenvalue weighted by atomic mass is 16.1. The summed E-state index contributed by atoms with van der Waals surface area (Å²) in [5.74, 6) is 0.982. The van der Waals surface area contributed by atoms with E-state index in [1.165, 1.54) is 38.5 Å². The van der Waals surface area contributed by atoms with E-state index >= 15 is 0 Å². The molecule has 3 heteroatoms. The molecule has 2 unspecified atom stereocenters. The van der Waals surface area contributed by atoms with Crippen LogP contribution < -0.4 is 10.6 Å². The van der Waals surface area contributed by atoms with Crippen LogP contribution in [0.4, 0.5) is 0 Å². The molecule has 1 saturated carbocycles. The van der Waals surface area contributed by atoms with Crippen LogP contribution in [0, 0.1) is 5.92 Å². The molecule has 0 radical (unpaired) electrons. The first-order valence-electron chi connectivity index (χ1n) is 7.82. The summed E-state index contributed by atoms with van der Waals surface area (Å²) in [5.41, 5.74) is 0. The zero-order valence-electron chi connectivity index (χ0n) is 11.7. The van der Waals surface area contributed by atoms with Gasteiger partial charge in [-0.15, -0.1) is 0 Å². The van der Waals surface area contributed by atoms with E-state index < -0.39 is 0 Å². The Morgan fingerprint density at radius 2 is 2.00 bits per heavy atom. The van der Waals surface area contributed by atoms with Crippen LogP contribution in [0.25, 0.3) is 0 Å². The van der Waals surface area contributed by atoms with Gasteiger partial charge in [-0.1, -0.05) is 26.2 Å². The van der Waals surface area contributed by atoms with E-state index in [2.05, 4.69) is 17.6 Å². The van der Waals surface area contributed by atoms with E-state index in [9.17, 15) is 4.79 Å². The molecule has 1 aliphatic heterocycles. The Hall–Kier alpha value is -0.570. The molecule has 2 rings (SSSR count). The fourth-order valence-electron chi connectivity index (χ4n) is 3.51. The van der Waals surface area contributed by atoms with Crippen molar-refractivity contribution in [2.75, 3.05) is 6.54 Å². The van der Waals surface area contributed by atoms with Crippen LogP contribution in [-0.4, -0.2) is 24.5 Å². The first-order chi connectivity index (χ1) is 8.79. The molecule has 2 atom stereocenters. The number of hydrogen-bond acceptors (Lipinski definition) is 2. The number of carbonyl (C=O) groups excluding carboxylic acids is 1. The van der Waals surface area contributed by atoms with Gasteiger partial charge in [0.15, 0.2) is 0 Å². The van der Waals surface area contributed by atoms with E-state index in [1.54, 1.807) is 0 Å². The SMILES string of the molecule is CCC(NC(=O)CC1CCCN1)C1CCCCC1. The molecule has 0 spiro atoms. The van der Waals surface area contributed by atoms with E-state index in [1.807, 2.05) is 0 Å². The molecular weight excluding hydrogens is 224 g/mol. The van der Waals surface area contributed by atoms with Crippen LogP contribution in [0.5, 0.6) is 0 Å². The summed E-state index contributed by atoms with van der Waals surface area (Å²) in [4.78, 5) is 12.1. The average Bonchev–Trinajstić information content (AvgIpc) is 2.90. The van der Waals surface area contributed by atoms with Crippen molar-refractivity contribution in [1.82, 2.24) is 10.6 Å². The van der Waals surface area contributed by atoms with Crippen molar-refractivity contribution in [3.8, 4) is 0 Å². The van der Waals surface area contributed by atoms with Gasteiger partial charge in [0.1, 0.15) is 0 Å². The lowest BCUT2D eigenvalue weighted by atomic mass is 9.83. The fraction of sp³-hybridized carbons (Fsp3) is 0.933. The van der Waals surface area contributed by atoms with Crippen LogP contribution in [0.2, 0.25) is 0 Å². The quantitative estimate of drug-likeness (QED) is 0.789. The zero-order chi connectivity index (χ0) is 12.8. The third-order valence-electron chi connectivity index (χ3n) is 4.60. The summed E-state index contributed by atoms with van der Waals surface area (Å²) in [5, 5.41) is 6.68. The van der Waals surface area contributed by atoms with Crippen LogP contribution in [0.3, 0.4) is 0 Å². The average molecular weight is 252 g/mol. The molecule has 18 heavy (non-hydrogen) atoms. The Balaban J connectivity index is 1.75. The van der Waals surface area contributed by atoms with E-state index in [0.717, 1.165) is 25.3 Å². The third-order valence-corrected chi connectivity index (χ3v) is 4.60. The van der Waals surface area contributed by atoms with Crippen molar-refractivity contribution in [2.45, 2.75) is 76.8 Å². The molecule has 2 fully saturated rings. The van der Waals surface area contributed by atoms with Crippen LogP contribution >= 0.6 is 0 Å². The van der Waals surface area contributed by atoms with Gasteiger partial charge in [0.25, 0.3) is 0 Å². The largest absolute Gasteiger partial charge is 0.353 e. The molecule has 0 aromatic carbocycles. The Bertz CT molecular complexity index is 255. The molecule has 0 aromatic rings. The van der Waals surface area contributed by atoms with E-state index in [4.69, 9.17) is 0 Å². The predicted molar refractivity (Wildman–Crippen MR) is 74.4 cm³/mol. The lowest BCUT2D eigenvalue weighted by Gasteiger charge is -2.30. The minimum atomic E-state index is 0.256. The van der Waals surface area contributed by atoms with E-state index in [-0.39, 0.29) is 5.91 Å². The maximum absolute atomic E-state index is 12.1. The number of carbonyl (C=O) groups is 1. The van der Waals surface area contributed by atoms with Gasteiger partial charge in [0, 0.05) is 18.5 Å². The Morgan fingerprint density at radius 3 is 2.61 bits per heavy atom. The van der Waals surface area contributed by atoms with Crippen LogP contribution in [0.15, 0.2) is 0 Å². The Labute approximate surface area is 111 Å². The maximum atomic E-state index is 12.1. The van der Waals surface area contributed by atoms with Crippen molar-refractivity contribution in [3.63, 3.8) is 0 Å². The monoisotopic (exact) mass is 252 g/mol. The van der Waals surface area contributed by atoms with Crippen molar-refractivity contribution in [2.24, 2.45) is 5.92 Å². The standard InChI is InChI=1S/C15H28N2O/c1-2-14(12-7-4-3-5-8-12)17-15(18)11-13-9-6-10-16-13/h12-14,16H,2-11H2,1H3,(H,17,18). The third kappa shape index (κ3) is 3.98. The summed E-state index contributed by atoms with van der Waals surface area (Å²) < 4.78 is 0. The number of nitrogens with one attached hydrogen (secondary N) is 2. The molecule has 104 valence electrons. The maximum Gasteiger partial charge on any atom is 0.221 e. The molecular formula is C15H28N2O. The molecule has 2 N–H and O–H groups in total. The van der Waals surface area contributed by atoms with Crippen LogP contribution in [-0.2, 0) is 4.79 Å². The van der Waals surface area contributed by atoms with Crippen molar-refractivity contribution < 1.29 is 4.79 Å². The fourth-order valence-corrected chi connectivity index (χ4v) is 3.51. The number of amides is 1. The molecule has 1 amide bonds. The molecule has 0 bridgehead atoms. The van der Waals surface area contributed by atoms with Crippen molar-refractivity contribution >= 4 is 5.91 Å². The van der Waals surface area contributed by atoms with Crippen molar-refractivity contribution in [1.29, 1.82) is 0 Å². The molecule has 0 aromatic heterocycles. The van der Waals surface area contributed by atoms with Gasteiger partial charge in [-0.3, -0.25) is 4.79 Å². The zero-order valence-corrected chi connectivity index (χ0v) is 11.7. The number of hydrogen-bond donors (Lipinski definition) is 2. The Kier molecular flexibility index (Phi) is 5.48. The van der Waals surface area contributed by atoms with Gasteiger partial charge in [-0.25, -0.2) is 0 Å².